The summed E-state index contributed by atoms with van der Waals surface area (Å²) in [6, 6.07) is 0. The summed E-state index contributed by atoms with van der Waals surface area (Å²) >= 11 is 0. The number of nitrogens with zero attached hydrogens (tertiary/aromatic N) is 1. The van der Waals surface area contributed by atoms with Crippen LogP contribution in [0, 0.1) is 5.41 Å². The van der Waals surface area contributed by atoms with Gasteiger partial charge in [-0.25, -0.2) is 0 Å². The molecule has 2 rings (SSSR count). The maximum Gasteiger partial charge on any atom is 0.191 e. The number of guanidine groups is 1. The molecule has 160 valence electrons. The van der Waals surface area contributed by atoms with Crippen LogP contribution in [0.5, 0.6) is 0 Å². The Bertz CT molecular complexity index is 398. The maximum absolute atomic E-state index is 5.72. The van der Waals surface area contributed by atoms with Crippen LogP contribution in [0.3, 0.4) is 0 Å². The van der Waals surface area contributed by atoms with Crippen molar-refractivity contribution in [3.63, 3.8) is 0 Å². The van der Waals surface area contributed by atoms with E-state index in [2.05, 4.69) is 24.5 Å². The van der Waals surface area contributed by atoms with Gasteiger partial charge in [0.05, 0.1) is 19.3 Å². The van der Waals surface area contributed by atoms with Gasteiger partial charge in [-0.05, 0) is 51.4 Å². The number of ether oxygens (including phenoxy) is 3. The Labute approximate surface area is 182 Å². The SMILES string of the molecule is CCNC(=NCC1(CCOCC)CCCC1)NCCOCC1CCCO1.I. The van der Waals surface area contributed by atoms with E-state index in [4.69, 9.17) is 19.2 Å². The third kappa shape index (κ3) is 9.76. The lowest BCUT2D eigenvalue weighted by atomic mass is 9.83. The molecule has 0 spiro atoms. The third-order valence-electron chi connectivity index (χ3n) is 5.43. The molecule has 2 fully saturated rings. The lowest BCUT2D eigenvalue weighted by Gasteiger charge is -2.27. The second-order valence-electron chi connectivity index (χ2n) is 7.49. The average molecular weight is 497 g/mol. The van der Waals surface area contributed by atoms with Crippen molar-refractivity contribution in [1.29, 1.82) is 0 Å². The fraction of sp³-hybridized carbons (Fsp3) is 0.950. The zero-order valence-corrected chi connectivity index (χ0v) is 19.6. The van der Waals surface area contributed by atoms with Gasteiger partial charge >= 0.3 is 0 Å². The fourth-order valence-electron chi connectivity index (χ4n) is 3.87. The highest BCUT2D eigenvalue weighted by Gasteiger charge is 2.33. The molecule has 1 unspecified atom stereocenters. The molecule has 1 aliphatic heterocycles. The number of rotatable bonds is 12. The molecule has 1 aliphatic carbocycles. The lowest BCUT2D eigenvalue weighted by Crippen LogP contribution is -2.40. The van der Waals surface area contributed by atoms with E-state index in [1.165, 1.54) is 25.7 Å². The van der Waals surface area contributed by atoms with Gasteiger partial charge in [-0.3, -0.25) is 4.99 Å². The molecule has 2 N–H and O–H groups in total. The van der Waals surface area contributed by atoms with Gasteiger partial charge in [0.25, 0.3) is 0 Å². The summed E-state index contributed by atoms with van der Waals surface area (Å²) in [5.41, 5.74) is 0.327. The van der Waals surface area contributed by atoms with Crippen molar-refractivity contribution in [2.24, 2.45) is 10.4 Å². The summed E-state index contributed by atoms with van der Waals surface area (Å²) in [7, 11) is 0. The van der Waals surface area contributed by atoms with Crippen LogP contribution in [-0.4, -0.2) is 64.7 Å². The normalized spacial score (nSPS) is 21.9. The number of halogens is 1. The molecule has 0 bridgehead atoms. The summed E-state index contributed by atoms with van der Waals surface area (Å²) < 4.78 is 16.9. The van der Waals surface area contributed by atoms with Gasteiger partial charge in [-0.2, -0.15) is 0 Å². The van der Waals surface area contributed by atoms with Crippen molar-refractivity contribution in [2.45, 2.75) is 64.9 Å². The minimum absolute atomic E-state index is 0. The summed E-state index contributed by atoms with van der Waals surface area (Å²) in [5, 5.41) is 6.75. The molecule has 0 aromatic carbocycles. The van der Waals surface area contributed by atoms with E-state index >= 15 is 0 Å². The first-order chi connectivity index (χ1) is 12.8. The number of nitrogens with one attached hydrogen (secondary N) is 2. The van der Waals surface area contributed by atoms with Crippen LogP contribution in [0.4, 0.5) is 0 Å². The monoisotopic (exact) mass is 497 g/mol. The quantitative estimate of drug-likeness (QED) is 0.188. The van der Waals surface area contributed by atoms with E-state index in [1.54, 1.807) is 0 Å². The first-order valence-electron chi connectivity index (χ1n) is 10.6. The van der Waals surface area contributed by atoms with E-state index in [1.807, 2.05) is 0 Å². The zero-order valence-electron chi connectivity index (χ0n) is 17.3. The van der Waals surface area contributed by atoms with Crippen LogP contribution in [0.15, 0.2) is 4.99 Å². The highest BCUT2D eigenvalue weighted by molar-refractivity contribution is 14.0. The highest BCUT2D eigenvalue weighted by Crippen LogP contribution is 2.41. The molecule has 1 saturated carbocycles. The fourth-order valence-corrected chi connectivity index (χ4v) is 3.87. The molecule has 27 heavy (non-hydrogen) atoms. The first-order valence-corrected chi connectivity index (χ1v) is 10.6. The minimum atomic E-state index is 0. The molecule has 0 aromatic heterocycles. The molecule has 7 heteroatoms. The zero-order chi connectivity index (χ0) is 18.5. The molecule has 0 radical (unpaired) electrons. The molecule has 1 saturated heterocycles. The molecule has 2 aliphatic rings. The molecule has 6 nitrogen and oxygen atoms in total. The van der Waals surface area contributed by atoms with Gasteiger partial charge < -0.3 is 24.8 Å². The van der Waals surface area contributed by atoms with Gasteiger partial charge in [-0.1, -0.05) is 12.8 Å². The summed E-state index contributed by atoms with van der Waals surface area (Å²) in [6.07, 6.45) is 8.89. The van der Waals surface area contributed by atoms with Crippen LogP contribution < -0.4 is 10.6 Å². The van der Waals surface area contributed by atoms with Crippen molar-refractivity contribution in [3.8, 4) is 0 Å². The predicted molar refractivity (Wildman–Crippen MR) is 121 cm³/mol. The van der Waals surface area contributed by atoms with Crippen LogP contribution in [0.2, 0.25) is 0 Å². The number of hydrogen-bond donors (Lipinski definition) is 2. The molecular formula is C20H40IN3O3. The van der Waals surface area contributed by atoms with E-state index in [0.29, 0.717) is 24.7 Å². The standard InChI is InChI=1S/C20H39N3O3.HI/c1-3-21-19(22-12-15-25-16-18-8-7-13-26-18)23-17-20(9-5-6-10-20)11-14-24-4-2;/h18H,3-17H2,1-2H3,(H2,21,22,23);1H. The molecule has 0 aromatic rings. The topological polar surface area (TPSA) is 64.1 Å². The summed E-state index contributed by atoms with van der Waals surface area (Å²) in [6.45, 7) is 10.6. The van der Waals surface area contributed by atoms with E-state index < -0.39 is 0 Å². The van der Waals surface area contributed by atoms with Crippen LogP contribution in [-0.2, 0) is 14.2 Å². The Morgan fingerprint density at radius 3 is 2.59 bits per heavy atom. The summed E-state index contributed by atoms with van der Waals surface area (Å²) in [5.74, 6) is 0.899. The maximum atomic E-state index is 5.72. The second kappa shape index (κ2) is 14.8. The Kier molecular flexibility index (Phi) is 13.7. The van der Waals surface area contributed by atoms with E-state index in [-0.39, 0.29) is 24.0 Å². The van der Waals surface area contributed by atoms with Gasteiger partial charge in [0.15, 0.2) is 5.96 Å². The van der Waals surface area contributed by atoms with Crippen molar-refractivity contribution in [1.82, 2.24) is 10.6 Å². The Balaban J connectivity index is 0.00000364. The molecule has 0 amide bonds. The Morgan fingerprint density at radius 2 is 1.93 bits per heavy atom. The van der Waals surface area contributed by atoms with Gasteiger partial charge in [-0.15, -0.1) is 24.0 Å². The summed E-state index contributed by atoms with van der Waals surface area (Å²) in [4.78, 5) is 4.88. The van der Waals surface area contributed by atoms with Crippen LogP contribution in [0.25, 0.3) is 0 Å². The smallest absolute Gasteiger partial charge is 0.191 e. The van der Waals surface area contributed by atoms with Gasteiger partial charge in [0, 0.05) is 39.5 Å². The largest absolute Gasteiger partial charge is 0.382 e. The van der Waals surface area contributed by atoms with Crippen molar-refractivity contribution in [3.05, 3.63) is 0 Å². The van der Waals surface area contributed by atoms with Gasteiger partial charge in [0.1, 0.15) is 0 Å². The number of hydrogen-bond acceptors (Lipinski definition) is 4. The Morgan fingerprint density at radius 1 is 1.11 bits per heavy atom. The lowest BCUT2D eigenvalue weighted by molar-refractivity contribution is 0.0191. The van der Waals surface area contributed by atoms with Crippen LogP contribution in [0.1, 0.15) is 58.8 Å². The Hall–Kier alpha value is -0.120. The molecule has 1 atom stereocenters. The predicted octanol–water partition coefficient (Wildman–Crippen LogP) is 3.34. The van der Waals surface area contributed by atoms with Crippen LogP contribution >= 0.6 is 24.0 Å². The first kappa shape index (κ1) is 24.9. The third-order valence-corrected chi connectivity index (χ3v) is 5.43. The van der Waals surface area contributed by atoms with Gasteiger partial charge in [0.2, 0.25) is 0 Å². The molecular weight excluding hydrogens is 457 g/mol. The highest BCUT2D eigenvalue weighted by atomic mass is 127. The number of aliphatic imine (C=N–C) groups is 1. The van der Waals surface area contributed by atoms with E-state index in [9.17, 15) is 0 Å². The van der Waals surface area contributed by atoms with Crippen molar-refractivity contribution < 1.29 is 14.2 Å². The average Bonchev–Trinajstić information content (AvgIpc) is 3.32. The second-order valence-corrected chi connectivity index (χ2v) is 7.49. The van der Waals surface area contributed by atoms with Crippen molar-refractivity contribution >= 4 is 29.9 Å². The molecule has 1 heterocycles. The van der Waals surface area contributed by atoms with E-state index in [0.717, 1.165) is 64.7 Å². The minimum Gasteiger partial charge on any atom is -0.382 e. The van der Waals surface area contributed by atoms with Crippen molar-refractivity contribution in [2.75, 3.05) is 52.7 Å².